The minimum Gasteiger partial charge on any atom is -0.308 e. The maximum Gasteiger partial charge on any atom is 0.200 e. The fourth-order valence-electron chi connectivity index (χ4n) is 9.11. The van der Waals surface area contributed by atoms with Crippen molar-refractivity contribution in [1.29, 1.82) is 0 Å². The van der Waals surface area contributed by atoms with Gasteiger partial charge >= 0.3 is 0 Å². The largest absolute Gasteiger partial charge is 0.308 e. The smallest absolute Gasteiger partial charge is 0.200 e. The third-order valence-corrected chi connectivity index (χ3v) is 11.7. The molecular formula is C53H41N5. The summed E-state index contributed by atoms with van der Waals surface area (Å²) in [4.78, 5) is 14.0. The Hall–Kier alpha value is -7.29. The first-order valence-corrected chi connectivity index (χ1v) is 19.8. The van der Waals surface area contributed by atoms with Gasteiger partial charge in [-0.3, -0.25) is 0 Å². The van der Waals surface area contributed by atoms with Gasteiger partial charge in [-0.1, -0.05) is 108 Å². The van der Waals surface area contributed by atoms with Gasteiger partial charge in [-0.15, -0.1) is 0 Å². The molecule has 0 unspecified atom stereocenters. The number of rotatable bonds is 5. The first-order chi connectivity index (χ1) is 28.2. The van der Waals surface area contributed by atoms with E-state index in [0.717, 1.165) is 77.5 Å². The Labute approximate surface area is 338 Å². The van der Waals surface area contributed by atoms with Gasteiger partial charge in [0.15, 0.2) is 5.69 Å². The van der Waals surface area contributed by atoms with Crippen LogP contribution in [0.5, 0.6) is 0 Å². The van der Waals surface area contributed by atoms with Crippen molar-refractivity contribution in [2.24, 2.45) is 0 Å². The Bertz CT molecular complexity index is 3350. The van der Waals surface area contributed by atoms with E-state index in [-0.39, 0.29) is 0 Å². The summed E-state index contributed by atoms with van der Waals surface area (Å²) in [6.45, 7) is 21.2. The Morgan fingerprint density at radius 1 is 0.431 bits per heavy atom. The molecule has 0 aliphatic carbocycles. The summed E-state index contributed by atoms with van der Waals surface area (Å²) in [7, 11) is 0. The third kappa shape index (κ3) is 5.60. The van der Waals surface area contributed by atoms with E-state index in [1.807, 2.05) is 19.9 Å². The Morgan fingerprint density at radius 2 is 0.897 bits per heavy atom. The average molecular weight is 748 g/mol. The van der Waals surface area contributed by atoms with Crippen LogP contribution in [0, 0.1) is 48.1 Å². The predicted octanol–water partition coefficient (Wildman–Crippen LogP) is 14.1. The van der Waals surface area contributed by atoms with Crippen LogP contribution in [-0.2, 0) is 0 Å². The molecule has 58 heavy (non-hydrogen) atoms. The Morgan fingerprint density at radius 3 is 1.38 bits per heavy atom. The van der Waals surface area contributed by atoms with Crippen LogP contribution in [0.25, 0.3) is 93.5 Å². The van der Waals surface area contributed by atoms with Crippen molar-refractivity contribution in [2.75, 3.05) is 0 Å². The molecule has 3 aromatic heterocycles. The molecule has 7 aromatic carbocycles. The highest BCUT2D eigenvalue weighted by atomic mass is 15.1. The van der Waals surface area contributed by atoms with Crippen molar-refractivity contribution in [2.45, 2.75) is 41.5 Å². The SMILES string of the molecule is [C-]#[N+]c1cc(-n2c3ccccc3c3ccc(-c4ccc(C)cc4C)cc32)c(-n2c3ccccc3c3ccc(-c4ccc(C)cc4C)cc32)cc1-c1nc(C)cc(C)n1. The van der Waals surface area contributed by atoms with Gasteiger partial charge in [0.1, 0.15) is 5.82 Å². The molecule has 0 amide bonds. The molecule has 10 aromatic rings. The van der Waals surface area contributed by atoms with E-state index in [9.17, 15) is 0 Å². The predicted molar refractivity (Wildman–Crippen MR) is 242 cm³/mol. The van der Waals surface area contributed by atoms with Gasteiger partial charge in [0.05, 0.1) is 40.0 Å². The lowest BCUT2D eigenvalue weighted by atomic mass is 9.97. The zero-order chi connectivity index (χ0) is 39.8. The molecular weight excluding hydrogens is 707 g/mol. The summed E-state index contributed by atoms with van der Waals surface area (Å²) in [6, 6.07) is 50.4. The summed E-state index contributed by atoms with van der Waals surface area (Å²) in [5.74, 6) is 0.549. The highest BCUT2D eigenvalue weighted by Gasteiger charge is 2.24. The van der Waals surface area contributed by atoms with Gasteiger partial charge in [0, 0.05) is 38.5 Å². The summed E-state index contributed by atoms with van der Waals surface area (Å²) >= 11 is 0. The van der Waals surface area contributed by atoms with Gasteiger partial charge in [-0.2, -0.15) is 0 Å². The summed E-state index contributed by atoms with van der Waals surface area (Å²) < 4.78 is 4.75. The summed E-state index contributed by atoms with van der Waals surface area (Å²) in [6.07, 6.45) is 0. The van der Waals surface area contributed by atoms with Crippen LogP contribution in [0.4, 0.5) is 5.69 Å². The number of hydrogen-bond acceptors (Lipinski definition) is 2. The number of nitrogens with zero attached hydrogens (tertiary/aromatic N) is 5. The molecule has 0 radical (unpaired) electrons. The number of para-hydroxylation sites is 2. The Balaban J connectivity index is 1.36. The van der Waals surface area contributed by atoms with Crippen molar-refractivity contribution in [3.63, 3.8) is 0 Å². The van der Waals surface area contributed by atoms with Crippen LogP contribution in [-0.4, -0.2) is 19.1 Å². The molecule has 0 bridgehead atoms. The van der Waals surface area contributed by atoms with E-state index in [4.69, 9.17) is 16.5 Å². The fourth-order valence-corrected chi connectivity index (χ4v) is 9.11. The molecule has 10 rings (SSSR count). The van der Waals surface area contributed by atoms with E-state index in [0.29, 0.717) is 17.1 Å². The normalized spacial score (nSPS) is 11.6. The highest BCUT2D eigenvalue weighted by molar-refractivity contribution is 6.13. The molecule has 0 aliphatic heterocycles. The highest BCUT2D eigenvalue weighted by Crippen LogP contribution is 2.44. The maximum atomic E-state index is 8.60. The number of fused-ring (bicyclic) bond motifs is 6. The third-order valence-electron chi connectivity index (χ3n) is 11.7. The number of aryl methyl sites for hydroxylation is 6. The minimum atomic E-state index is 0.497. The molecule has 0 fully saturated rings. The van der Waals surface area contributed by atoms with Crippen molar-refractivity contribution in [3.8, 4) is 45.0 Å². The molecule has 0 saturated heterocycles. The quantitative estimate of drug-likeness (QED) is 0.165. The second kappa shape index (κ2) is 13.4. The zero-order valence-electron chi connectivity index (χ0n) is 33.5. The lowest BCUT2D eigenvalue weighted by molar-refractivity contribution is 1.06. The van der Waals surface area contributed by atoms with Crippen molar-refractivity contribution in [3.05, 3.63) is 185 Å². The first-order valence-electron chi connectivity index (χ1n) is 19.8. The number of hydrogen-bond donors (Lipinski definition) is 0. The van der Waals surface area contributed by atoms with Gasteiger partial charge < -0.3 is 9.13 Å². The fraction of sp³-hybridized carbons (Fsp3) is 0.113. The van der Waals surface area contributed by atoms with E-state index < -0.39 is 0 Å². The van der Waals surface area contributed by atoms with Gasteiger partial charge in [-0.05, 0) is 117 Å². The van der Waals surface area contributed by atoms with Crippen molar-refractivity contribution in [1.82, 2.24) is 19.1 Å². The molecule has 0 N–H and O–H groups in total. The van der Waals surface area contributed by atoms with Crippen LogP contribution in [0.2, 0.25) is 0 Å². The van der Waals surface area contributed by atoms with Crippen molar-refractivity contribution >= 4 is 49.3 Å². The molecule has 0 saturated carbocycles. The van der Waals surface area contributed by atoms with E-state index in [1.165, 1.54) is 33.4 Å². The number of benzene rings is 7. The lowest BCUT2D eigenvalue weighted by Gasteiger charge is -2.20. The topological polar surface area (TPSA) is 40.0 Å². The maximum absolute atomic E-state index is 8.60. The van der Waals surface area contributed by atoms with Crippen LogP contribution in [0.1, 0.15) is 33.6 Å². The molecule has 5 nitrogen and oxygen atoms in total. The van der Waals surface area contributed by atoms with E-state index in [1.54, 1.807) is 0 Å². The monoisotopic (exact) mass is 747 g/mol. The lowest BCUT2D eigenvalue weighted by Crippen LogP contribution is -2.05. The molecule has 0 spiro atoms. The summed E-state index contributed by atoms with van der Waals surface area (Å²) in [5.41, 5.74) is 18.7. The minimum absolute atomic E-state index is 0.497. The summed E-state index contributed by atoms with van der Waals surface area (Å²) in [5, 5.41) is 4.63. The zero-order valence-corrected chi connectivity index (χ0v) is 33.5. The number of aromatic nitrogens is 4. The average Bonchev–Trinajstić information content (AvgIpc) is 3.72. The van der Waals surface area contributed by atoms with Crippen LogP contribution >= 0.6 is 0 Å². The standard InChI is InChI=1S/C53H41N5/c1-31-16-20-39(33(3)24-31)37-18-22-43-41-12-8-10-14-47(41)57(49(43)27-37)51-29-45(53-55-35(5)26-36(6)56-53)46(54-7)30-52(51)58-48-15-11-9-13-42(48)44-23-19-38(28-50(44)58)40-21-17-32(2)25-34(40)4/h8-30H,1-6H3. The van der Waals surface area contributed by atoms with Gasteiger partial charge in [0.25, 0.3) is 0 Å². The molecule has 5 heteroatoms. The molecule has 3 heterocycles. The second-order valence-corrected chi connectivity index (χ2v) is 15.7. The van der Waals surface area contributed by atoms with Crippen molar-refractivity contribution < 1.29 is 0 Å². The second-order valence-electron chi connectivity index (χ2n) is 15.7. The Kier molecular flexibility index (Phi) is 8.14. The van der Waals surface area contributed by atoms with E-state index >= 15 is 0 Å². The molecule has 0 atom stereocenters. The van der Waals surface area contributed by atoms with Crippen LogP contribution in [0.3, 0.4) is 0 Å². The molecule has 0 aliphatic rings. The van der Waals surface area contributed by atoms with Gasteiger partial charge in [-0.25, -0.2) is 14.8 Å². The molecule has 278 valence electrons. The van der Waals surface area contributed by atoms with E-state index in [2.05, 4.69) is 175 Å². The van der Waals surface area contributed by atoms with Gasteiger partial charge in [0.2, 0.25) is 0 Å². The van der Waals surface area contributed by atoms with Crippen LogP contribution < -0.4 is 0 Å². The van der Waals surface area contributed by atoms with Crippen LogP contribution in [0.15, 0.2) is 140 Å². The first kappa shape index (κ1) is 35.1.